The maximum Gasteiger partial charge on any atom is 0.267 e. The largest absolute Gasteiger partial charge is 0.320 e. The maximum absolute atomic E-state index is 12.7. The molecule has 0 aliphatic rings. The predicted molar refractivity (Wildman–Crippen MR) is 116 cm³/mol. The van der Waals surface area contributed by atoms with Crippen molar-refractivity contribution in [2.45, 2.75) is 0 Å². The van der Waals surface area contributed by atoms with Crippen LogP contribution in [0.4, 0.5) is 11.4 Å². The van der Waals surface area contributed by atoms with Crippen LogP contribution in [0.5, 0.6) is 0 Å². The lowest BCUT2D eigenvalue weighted by molar-refractivity contribution is 0.101. The van der Waals surface area contributed by atoms with Gasteiger partial charge in [-0.25, -0.2) is 4.98 Å². The van der Waals surface area contributed by atoms with E-state index in [0.29, 0.717) is 21.8 Å². The molecule has 0 saturated carbocycles. The lowest BCUT2D eigenvalue weighted by Gasteiger charge is -2.11. The van der Waals surface area contributed by atoms with E-state index < -0.39 is 0 Å². The number of nitrogens with zero attached hydrogens (tertiary/aromatic N) is 1. The molecule has 142 valence electrons. The quantitative estimate of drug-likeness (QED) is 0.477. The lowest BCUT2D eigenvalue weighted by atomic mass is 10.2. The Balaban J connectivity index is 1.51. The number of amides is 2. The normalized spacial score (nSPS) is 10.3. The molecule has 0 fully saturated rings. The van der Waals surface area contributed by atoms with Crippen molar-refractivity contribution in [3.63, 3.8) is 0 Å². The first-order valence-electron chi connectivity index (χ1n) is 8.99. The van der Waals surface area contributed by atoms with Gasteiger partial charge in [0.2, 0.25) is 0 Å². The molecule has 5 nitrogen and oxygen atoms in total. The highest BCUT2D eigenvalue weighted by Crippen LogP contribution is 2.27. The zero-order valence-electron chi connectivity index (χ0n) is 15.3. The first-order valence-corrected chi connectivity index (χ1v) is 9.80. The summed E-state index contributed by atoms with van der Waals surface area (Å²) in [7, 11) is 0. The number of carbonyl (C=O) groups is 2. The minimum absolute atomic E-state index is 0.239. The highest BCUT2D eigenvalue weighted by Gasteiger charge is 2.15. The van der Waals surface area contributed by atoms with Gasteiger partial charge in [-0.1, -0.05) is 60.7 Å². The van der Waals surface area contributed by atoms with E-state index in [0.717, 1.165) is 10.6 Å². The van der Waals surface area contributed by atoms with Gasteiger partial charge in [0.15, 0.2) is 0 Å². The van der Waals surface area contributed by atoms with E-state index >= 15 is 0 Å². The van der Waals surface area contributed by atoms with Crippen LogP contribution in [0.15, 0.2) is 91.1 Å². The van der Waals surface area contributed by atoms with Gasteiger partial charge in [-0.3, -0.25) is 9.59 Å². The Labute approximate surface area is 172 Å². The third-order valence-electron chi connectivity index (χ3n) is 4.21. The van der Waals surface area contributed by atoms with Gasteiger partial charge in [0, 0.05) is 11.1 Å². The molecule has 29 heavy (non-hydrogen) atoms. The van der Waals surface area contributed by atoms with Gasteiger partial charge in [0.1, 0.15) is 9.88 Å². The van der Waals surface area contributed by atoms with Crippen LogP contribution in [0.3, 0.4) is 0 Å². The molecule has 4 rings (SSSR count). The molecule has 0 atom stereocenters. The second-order valence-corrected chi connectivity index (χ2v) is 7.25. The van der Waals surface area contributed by atoms with Crippen molar-refractivity contribution in [1.29, 1.82) is 0 Å². The topological polar surface area (TPSA) is 71.1 Å². The SMILES string of the molecule is O=C(Nc1ccccc1NC(=O)c1cnc(-c2ccccc2)s1)c1ccccc1. The molecule has 0 aliphatic heterocycles. The number of thiazole rings is 1. The summed E-state index contributed by atoms with van der Waals surface area (Å²) < 4.78 is 0. The van der Waals surface area contributed by atoms with Crippen molar-refractivity contribution >= 4 is 34.5 Å². The monoisotopic (exact) mass is 399 g/mol. The maximum atomic E-state index is 12.7. The molecule has 0 aliphatic carbocycles. The molecule has 2 amide bonds. The predicted octanol–water partition coefficient (Wildman–Crippen LogP) is 5.31. The average Bonchev–Trinajstić information content (AvgIpc) is 3.27. The standard InChI is InChI=1S/C23H17N3O2S/c27-21(16-9-3-1-4-10-16)25-18-13-7-8-14-19(18)26-22(28)20-15-24-23(29-20)17-11-5-2-6-12-17/h1-15H,(H,25,27)(H,26,28). The van der Waals surface area contributed by atoms with Crippen molar-refractivity contribution < 1.29 is 9.59 Å². The molecular weight excluding hydrogens is 382 g/mol. The van der Waals surface area contributed by atoms with Crippen molar-refractivity contribution in [2.24, 2.45) is 0 Å². The molecule has 4 aromatic rings. The van der Waals surface area contributed by atoms with Crippen LogP contribution in [0, 0.1) is 0 Å². The number of hydrogen-bond donors (Lipinski definition) is 2. The highest BCUT2D eigenvalue weighted by atomic mass is 32.1. The molecule has 1 heterocycles. The molecule has 0 saturated heterocycles. The lowest BCUT2D eigenvalue weighted by Crippen LogP contribution is -2.16. The summed E-state index contributed by atoms with van der Waals surface area (Å²) in [5.41, 5.74) is 2.56. The minimum atomic E-state index is -0.272. The Morgan fingerprint density at radius 2 is 1.24 bits per heavy atom. The van der Waals surface area contributed by atoms with Crippen LogP contribution in [-0.4, -0.2) is 16.8 Å². The third kappa shape index (κ3) is 4.39. The van der Waals surface area contributed by atoms with E-state index in [1.807, 2.05) is 36.4 Å². The van der Waals surface area contributed by atoms with E-state index in [1.54, 1.807) is 54.7 Å². The number of benzene rings is 3. The molecular formula is C23H17N3O2S. The number of para-hydroxylation sites is 2. The van der Waals surface area contributed by atoms with E-state index in [1.165, 1.54) is 11.3 Å². The van der Waals surface area contributed by atoms with E-state index in [2.05, 4.69) is 15.6 Å². The summed E-state index contributed by atoms with van der Waals surface area (Å²) >= 11 is 1.32. The summed E-state index contributed by atoms with van der Waals surface area (Å²) in [6.45, 7) is 0. The van der Waals surface area contributed by atoms with Crippen LogP contribution >= 0.6 is 11.3 Å². The van der Waals surface area contributed by atoms with Crippen LogP contribution in [-0.2, 0) is 0 Å². The van der Waals surface area contributed by atoms with E-state index in [4.69, 9.17) is 0 Å². The summed E-state index contributed by atoms with van der Waals surface area (Å²) in [6.07, 6.45) is 1.56. The number of aromatic nitrogens is 1. The second kappa shape index (κ2) is 8.50. The van der Waals surface area contributed by atoms with Crippen molar-refractivity contribution in [1.82, 2.24) is 4.98 Å². The highest BCUT2D eigenvalue weighted by molar-refractivity contribution is 7.17. The molecule has 0 spiro atoms. The van der Waals surface area contributed by atoms with Gasteiger partial charge in [0.05, 0.1) is 17.6 Å². The Kier molecular flexibility index (Phi) is 5.45. The van der Waals surface area contributed by atoms with Crippen molar-refractivity contribution in [3.8, 4) is 10.6 Å². The Morgan fingerprint density at radius 3 is 1.90 bits per heavy atom. The van der Waals surface area contributed by atoms with Gasteiger partial charge in [-0.15, -0.1) is 11.3 Å². The molecule has 3 aromatic carbocycles. The molecule has 2 N–H and O–H groups in total. The second-order valence-electron chi connectivity index (χ2n) is 6.22. The fraction of sp³-hybridized carbons (Fsp3) is 0. The summed E-state index contributed by atoms with van der Waals surface area (Å²) in [6, 6.07) is 25.7. The molecule has 0 bridgehead atoms. The molecule has 0 radical (unpaired) electrons. The van der Waals surface area contributed by atoms with Crippen LogP contribution in [0.25, 0.3) is 10.6 Å². The summed E-state index contributed by atoms with van der Waals surface area (Å²) in [5.74, 6) is -0.512. The van der Waals surface area contributed by atoms with E-state index in [-0.39, 0.29) is 11.8 Å². The molecule has 6 heteroatoms. The molecule has 1 aromatic heterocycles. The van der Waals surface area contributed by atoms with Gasteiger partial charge in [0.25, 0.3) is 11.8 Å². The minimum Gasteiger partial charge on any atom is -0.320 e. The number of carbonyl (C=O) groups excluding carboxylic acids is 2. The number of hydrogen-bond acceptors (Lipinski definition) is 4. The first-order chi connectivity index (χ1) is 14.2. The van der Waals surface area contributed by atoms with E-state index in [9.17, 15) is 9.59 Å². The Morgan fingerprint density at radius 1 is 0.690 bits per heavy atom. The number of nitrogens with one attached hydrogen (secondary N) is 2. The smallest absolute Gasteiger partial charge is 0.267 e. The fourth-order valence-electron chi connectivity index (χ4n) is 2.76. The van der Waals surface area contributed by atoms with Crippen molar-refractivity contribution in [2.75, 3.05) is 10.6 Å². The van der Waals surface area contributed by atoms with Gasteiger partial charge in [-0.2, -0.15) is 0 Å². The van der Waals surface area contributed by atoms with Crippen molar-refractivity contribution in [3.05, 3.63) is 102 Å². The Hall–Kier alpha value is -3.77. The van der Waals surface area contributed by atoms with Gasteiger partial charge < -0.3 is 10.6 Å². The number of anilines is 2. The summed E-state index contributed by atoms with van der Waals surface area (Å²) in [4.78, 5) is 30.0. The Bertz CT molecular complexity index is 1140. The first kappa shape index (κ1) is 18.6. The van der Waals surface area contributed by atoms with Gasteiger partial charge >= 0.3 is 0 Å². The third-order valence-corrected chi connectivity index (χ3v) is 5.25. The van der Waals surface area contributed by atoms with Gasteiger partial charge in [-0.05, 0) is 24.3 Å². The molecule has 0 unspecified atom stereocenters. The number of rotatable bonds is 5. The summed E-state index contributed by atoms with van der Waals surface area (Å²) in [5, 5.41) is 6.49. The fourth-order valence-corrected chi connectivity index (χ4v) is 3.58. The van der Waals surface area contributed by atoms with Crippen LogP contribution in [0.1, 0.15) is 20.0 Å². The average molecular weight is 399 g/mol. The van der Waals surface area contributed by atoms with Crippen LogP contribution < -0.4 is 10.6 Å². The zero-order chi connectivity index (χ0) is 20.1. The van der Waals surface area contributed by atoms with Crippen LogP contribution in [0.2, 0.25) is 0 Å². The zero-order valence-corrected chi connectivity index (χ0v) is 16.1.